The Kier molecular flexibility index (Phi) is 5.30. The third kappa shape index (κ3) is 3.66. The molecule has 4 heteroatoms. The predicted octanol–water partition coefficient (Wildman–Crippen LogP) is 4.44. The molecule has 20 heavy (non-hydrogen) atoms. The zero-order valence-electron chi connectivity index (χ0n) is 11.9. The van der Waals surface area contributed by atoms with Gasteiger partial charge in [0.05, 0.1) is 11.3 Å². The Morgan fingerprint density at radius 1 is 1.40 bits per heavy atom. The quantitative estimate of drug-likeness (QED) is 0.892. The van der Waals surface area contributed by atoms with E-state index in [1.807, 2.05) is 6.07 Å². The highest BCUT2D eigenvalue weighted by Gasteiger charge is 2.20. The maximum absolute atomic E-state index is 11.4. The van der Waals surface area contributed by atoms with E-state index in [1.54, 1.807) is 12.1 Å². The van der Waals surface area contributed by atoms with E-state index >= 15 is 0 Å². The van der Waals surface area contributed by atoms with Crippen molar-refractivity contribution >= 4 is 23.3 Å². The largest absolute Gasteiger partial charge is 0.478 e. The van der Waals surface area contributed by atoms with Gasteiger partial charge in [-0.2, -0.15) is 0 Å². The molecular formula is C16H22ClNO2. The standard InChI is InChI=1S/C16H22ClNO2/c1-2-4-12-5-3-9-18(10-8-12)15-7-6-13(17)11-14(15)16(19)20/h6-7,11-12H,2-5,8-10H2,1H3,(H,19,20). The summed E-state index contributed by atoms with van der Waals surface area (Å²) in [6.07, 6.45) is 6.04. The fourth-order valence-electron chi connectivity index (χ4n) is 3.06. The molecule has 0 radical (unpaired) electrons. The van der Waals surface area contributed by atoms with Gasteiger partial charge in [0.25, 0.3) is 0 Å². The average Bonchev–Trinajstić information content (AvgIpc) is 2.65. The van der Waals surface area contributed by atoms with Crippen LogP contribution in [0.2, 0.25) is 5.02 Å². The lowest BCUT2D eigenvalue weighted by Gasteiger charge is -2.24. The van der Waals surface area contributed by atoms with Crippen LogP contribution in [0.15, 0.2) is 18.2 Å². The molecule has 1 unspecified atom stereocenters. The molecule has 0 saturated carbocycles. The topological polar surface area (TPSA) is 40.5 Å². The van der Waals surface area contributed by atoms with Gasteiger partial charge in [-0.05, 0) is 43.4 Å². The van der Waals surface area contributed by atoms with Crippen molar-refractivity contribution in [1.29, 1.82) is 0 Å². The molecule has 1 heterocycles. The fourth-order valence-corrected chi connectivity index (χ4v) is 3.23. The molecule has 0 aliphatic carbocycles. The van der Waals surface area contributed by atoms with Crippen molar-refractivity contribution in [2.24, 2.45) is 5.92 Å². The van der Waals surface area contributed by atoms with E-state index in [2.05, 4.69) is 11.8 Å². The summed E-state index contributed by atoms with van der Waals surface area (Å²) < 4.78 is 0. The normalized spacial score (nSPS) is 19.7. The zero-order chi connectivity index (χ0) is 14.5. The van der Waals surface area contributed by atoms with Crippen LogP contribution in [-0.2, 0) is 0 Å². The Balaban J connectivity index is 2.17. The molecule has 1 fully saturated rings. The molecule has 2 rings (SSSR count). The highest BCUT2D eigenvalue weighted by atomic mass is 35.5. The highest BCUT2D eigenvalue weighted by Crippen LogP contribution is 2.29. The van der Waals surface area contributed by atoms with Crippen molar-refractivity contribution in [2.45, 2.75) is 39.0 Å². The van der Waals surface area contributed by atoms with Crippen LogP contribution in [-0.4, -0.2) is 24.2 Å². The molecule has 0 amide bonds. The van der Waals surface area contributed by atoms with Crippen LogP contribution >= 0.6 is 11.6 Å². The monoisotopic (exact) mass is 295 g/mol. The first kappa shape index (κ1) is 15.2. The summed E-state index contributed by atoms with van der Waals surface area (Å²) in [6.45, 7) is 4.10. The van der Waals surface area contributed by atoms with Crippen LogP contribution in [0.25, 0.3) is 0 Å². The minimum atomic E-state index is -0.906. The zero-order valence-corrected chi connectivity index (χ0v) is 12.7. The Labute approximate surface area is 125 Å². The first-order valence-corrected chi connectivity index (χ1v) is 7.77. The third-order valence-corrected chi connectivity index (χ3v) is 4.31. The Morgan fingerprint density at radius 3 is 2.90 bits per heavy atom. The SMILES string of the molecule is CCCC1CCCN(c2ccc(Cl)cc2C(=O)O)CC1. The van der Waals surface area contributed by atoms with Crippen molar-refractivity contribution in [3.05, 3.63) is 28.8 Å². The number of anilines is 1. The van der Waals surface area contributed by atoms with Gasteiger partial charge < -0.3 is 10.0 Å². The minimum absolute atomic E-state index is 0.312. The molecule has 1 atom stereocenters. The lowest BCUT2D eigenvalue weighted by atomic mass is 9.96. The molecule has 0 spiro atoms. The number of carbonyl (C=O) groups is 1. The lowest BCUT2D eigenvalue weighted by Crippen LogP contribution is -2.26. The summed E-state index contributed by atoms with van der Waals surface area (Å²) >= 11 is 5.91. The number of nitrogens with zero attached hydrogens (tertiary/aromatic N) is 1. The van der Waals surface area contributed by atoms with Crippen molar-refractivity contribution in [1.82, 2.24) is 0 Å². The number of carboxylic acids is 1. The van der Waals surface area contributed by atoms with Gasteiger partial charge in [0.2, 0.25) is 0 Å². The van der Waals surface area contributed by atoms with Gasteiger partial charge in [-0.25, -0.2) is 4.79 Å². The van der Waals surface area contributed by atoms with Gasteiger partial charge in [-0.15, -0.1) is 0 Å². The van der Waals surface area contributed by atoms with E-state index in [-0.39, 0.29) is 0 Å². The van der Waals surface area contributed by atoms with E-state index in [1.165, 1.54) is 19.3 Å². The Morgan fingerprint density at radius 2 is 2.20 bits per heavy atom. The van der Waals surface area contributed by atoms with Gasteiger partial charge in [-0.3, -0.25) is 0 Å². The van der Waals surface area contributed by atoms with Crippen LogP contribution in [0.3, 0.4) is 0 Å². The summed E-state index contributed by atoms with van der Waals surface area (Å²) in [5.41, 5.74) is 1.12. The van der Waals surface area contributed by atoms with Crippen LogP contribution in [0, 0.1) is 5.92 Å². The molecular weight excluding hydrogens is 274 g/mol. The van der Waals surface area contributed by atoms with Gasteiger partial charge >= 0.3 is 5.97 Å². The smallest absolute Gasteiger partial charge is 0.337 e. The molecule has 110 valence electrons. The van der Waals surface area contributed by atoms with Crippen molar-refractivity contribution in [3.63, 3.8) is 0 Å². The van der Waals surface area contributed by atoms with Crippen LogP contribution in [0.5, 0.6) is 0 Å². The molecule has 1 aliphatic heterocycles. The fraction of sp³-hybridized carbons (Fsp3) is 0.562. The second-order valence-corrected chi connectivity index (χ2v) is 5.98. The first-order valence-electron chi connectivity index (χ1n) is 7.39. The summed E-state index contributed by atoms with van der Waals surface area (Å²) in [5.74, 6) is -0.123. The summed E-state index contributed by atoms with van der Waals surface area (Å²) in [6, 6.07) is 5.16. The van der Waals surface area contributed by atoms with E-state index in [0.29, 0.717) is 10.6 Å². The van der Waals surface area contributed by atoms with E-state index < -0.39 is 5.97 Å². The number of halogens is 1. The van der Waals surface area contributed by atoms with Gasteiger partial charge in [0.1, 0.15) is 0 Å². The van der Waals surface area contributed by atoms with Gasteiger partial charge in [0.15, 0.2) is 0 Å². The average molecular weight is 296 g/mol. The molecule has 0 bridgehead atoms. The molecule has 3 nitrogen and oxygen atoms in total. The highest BCUT2D eigenvalue weighted by molar-refractivity contribution is 6.31. The number of hydrogen-bond donors (Lipinski definition) is 1. The van der Waals surface area contributed by atoms with E-state index in [4.69, 9.17) is 11.6 Å². The predicted molar refractivity (Wildman–Crippen MR) is 82.9 cm³/mol. The van der Waals surface area contributed by atoms with Crippen molar-refractivity contribution in [3.8, 4) is 0 Å². The maximum atomic E-state index is 11.4. The first-order chi connectivity index (χ1) is 9.61. The molecule has 1 saturated heterocycles. The molecule has 1 N–H and O–H groups in total. The number of benzene rings is 1. The molecule has 1 aromatic carbocycles. The number of aromatic carboxylic acids is 1. The van der Waals surface area contributed by atoms with E-state index in [0.717, 1.165) is 37.5 Å². The summed E-state index contributed by atoms with van der Waals surface area (Å²) in [4.78, 5) is 13.6. The Hall–Kier alpha value is -1.22. The number of hydrogen-bond acceptors (Lipinski definition) is 2. The summed E-state index contributed by atoms with van der Waals surface area (Å²) in [7, 11) is 0. The Bertz CT molecular complexity index is 476. The second kappa shape index (κ2) is 6.98. The van der Waals surface area contributed by atoms with Crippen LogP contribution in [0.4, 0.5) is 5.69 Å². The van der Waals surface area contributed by atoms with Crippen LogP contribution in [0.1, 0.15) is 49.4 Å². The number of carboxylic acid groups (broad SMARTS) is 1. The molecule has 1 aliphatic rings. The van der Waals surface area contributed by atoms with Crippen molar-refractivity contribution < 1.29 is 9.90 Å². The second-order valence-electron chi connectivity index (χ2n) is 5.54. The number of rotatable bonds is 4. The van der Waals surface area contributed by atoms with E-state index in [9.17, 15) is 9.90 Å². The molecule has 1 aromatic rings. The van der Waals surface area contributed by atoms with Gasteiger partial charge in [-0.1, -0.05) is 31.4 Å². The van der Waals surface area contributed by atoms with Crippen LogP contribution < -0.4 is 4.90 Å². The maximum Gasteiger partial charge on any atom is 0.337 e. The molecule has 0 aromatic heterocycles. The lowest BCUT2D eigenvalue weighted by molar-refractivity contribution is 0.0697. The minimum Gasteiger partial charge on any atom is -0.478 e. The third-order valence-electron chi connectivity index (χ3n) is 4.07. The summed E-state index contributed by atoms with van der Waals surface area (Å²) in [5, 5.41) is 9.82. The van der Waals surface area contributed by atoms with Crippen molar-refractivity contribution in [2.75, 3.05) is 18.0 Å². The van der Waals surface area contributed by atoms with Gasteiger partial charge in [0, 0.05) is 18.1 Å².